The van der Waals surface area contributed by atoms with Gasteiger partial charge in [-0.1, -0.05) is 6.92 Å². The Kier molecular flexibility index (Phi) is 2.46. The molecule has 1 saturated heterocycles. The van der Waals surface area contributed by atoms with Crippen molar-refractivity contribution in [3.05, 3.63) is 0 Å². The molecular formula is C12H21NO3. The van der Waals surface area contributed by atoms with Crippen LogP contribution in [-0.4, -0.2) is 41.4 Å². The summed E-state index contributed by atoms with van der Waals surface area (Å²) in [6, 6.07) is 0. The number of carbonyl (C=O) groups is 1. The Labute approximate surface area is 96.6 Å². The fourth-order valence-electron chi connectivity index (χ4n) is 2.85. The van der Waals surface area contributed by atoms with Crippen molar-refractivity contribution < 1.29 is 14.6 Å². The van der Waals surface area contributed by atoms with Crippen LogP contribution in [0.3, 0.4) is 0 Å². The summed E-state index contributed by atoms with van der Waals surface area (Å²) < 4.78 is 5.33. The van der Waals surface area contributed by atoms with Crippen LogP contribution in [-0.2, 0) is 4.74 Å². The van der Waals surface area contributed by atoms with Crippen LogP contribution in [0.5, 0.6) is 0 Å². The zero-order valence-corrected chi connectivity index (χ0v) is 10.5. The average Bonchev–Trinajstić information content (AvgIpc) is 2.47. The van der Waals surface area contributed by atoms with Crippen molar-refractivity contribution in [2.24, 2.45) is 17.3 Å². The first-order chi connectivity index (χ1) is 7.28. The molecule has 0 unspecified atom stereocenters. The maximum atomic E-state index is 11.8. The van der Waals surface area contributed by atoms with E-state index in [4.69, 9.17) is 9.84 Å². The Morgan fingerprint density at radius 2 is 2.19 bits per heavy atom. The molecule has 1 heterocycles. The summed E-state index contributed by atoms with van der Waals surface area (Å²) in [6.45, 7) is 9.46. The second-order valence-corrected chi connectivity index (χ2v) is 6.26. The monoisotopic (exact) mass is 227 g/mol. The molecule has 2 rings (SSSR count). The number of hydrogen-bond donors (Lipinski definition) is 1. The summed E-state index contributed by atoms with van der Waals surface area (Å²) in [4.78, 5) is 13.6. The molecule has 0 radical (unpaired) electrons. The van der Waals surface area contributed by atoms with Crippen LogP contribution < -0.4 is 0 Å². The largest absolute Gasteiger partial charge is 0.444 e. The average molecular weight is 227 g/mol. The number of hydrogen-bond acceptors (Lipinski definition) is 3. The van der Waals surface area contributed by atoms with Crippen LogP contribution in [0, 0.1) is 17.3 Å². The standard InChI is InChI=1S/C12H21NO3/c1-11(2,3)16-10(15)13-5-8-9(6-14)12(8,4)7-13/h8-9,14H,5-7H2,1-4H3/t8-,9-,12-/m0/s1. The van der Waals surface area contributed by atoms with E-state index in [1.165, 1.54) is 0 Å². The van der Waals surface area contributed by atoms with Gasteiger partial charge in [-0.2, -0.15) is 0 Å². The maximum Gasteiger partial charge on any atom is 0.410 e. The van der Waals surface area contributed by atoms with E-state index in [0.29, 0.717) is 11.8 Å². The number of carbonyl (C=O) groups excluding carboxylic acids is 1. The summed E-state index contributed by atoms with van der Waals surface area (Å²) in [5.74, 6) is 0.844. The number of fused-ring (bicyclic) bond motifs is 1. The maximum absolute atomic E-state index is 11.8. The molecule has 0 aromatic carbocycles. The molecule has 2 aliphatic rings. The summed E-state index contributed by atoms with van der Waals surface area (Å²) >= 11 is 0. The van der Waals surface area contributed by atoms with Gasteiger partial charge in [-0.3, -0.25) is 0 Å². The van der Waals surface area contributed by atoms with E-state index < -0.39 is 5.60 Å². The Hall–Kier alpha value is -0.770. The van der Waals surface area contributed by atoms with Crippen molar-refractivity contribution >= 4 is 6.09 Å². The number of likely N-dealkylation sites (tertiary alicyclic amines) is 1. The molecule has 0 aromatic heterocycles. The molecule has 0 spiro atoms. The van der Waals surface area contributed by atoms with E-state index in [-0.39, 0.29) is 18.1 Å². The van der Waals surface area contributed by atoms with Crippen molar-refractivity contribution in [1.82, 2.24) is 4.90 Å². The SMILES string of the molecule is CC(C)(C)OC(=O)N1C[C@H]2[C@H](CO)[C@@]2(C)C1. The lowest BCUT2D eigenvalue weighted by Crippen LogP contribution is -2.38. The second kappa shape index (κ2) is 3.36. The predicted molar refractivity (Wildman–Crippen MR) is 60.0 cm³/mol. The number of piperidine rings is 1. The minimum atomic E-state index is -0.429. The number of rotatable bonds is 1. The van der Waals surface area contributed by atoms with Crippen molar-refractivity contribution in [2.45, 2.75) is 33.3 Å². The minimum Gasteiger partial charge on any atom is -0.444 e. The van der Waals surface area contributed by atoms with Crippen molar-refractivity contribution in [2.75, 3.05) is 19.7 Å². The minimum absolute atomic E-state index is 0.131. The van der Waals surface area contributed by atoms with E-state index in [9.17, 15) is 4.79 Å². The fraction of sp³-hybridized carbons (Fsp3) is 0.917. The molecule has 4 nitrogen and oxygen atoms in total. The summed E-state index contributed by atoms with van der Waals surface area (Å²) in [5.41, 5.74) is -0.299. The molecule has 4 heteroatoms. The molecule has 1 amide bonds. The highest BCUT2D eigenvalue weighted by Gasteiger charge is 2.66. The topological polar surface area (TPSA) is 49.8 Å². The van der Waals surface area contributed by atoms with Crippen molar-refractivity contribution in [1.29, 1.82) is 0 Å². The predicted octanol–water partition coefficient (Wildman–Crippen LogP) is 1.48. The van der Waals surface area contributed by atoms with Gasteiger partial charge in [0.05, 0.1) is 0 Å². The van der Waals surface area contributed by atoms with Gasteiger partial charge in [-0.15, -0.1) is 0 Å². The third-order valence-corrected chi connectivity index (χ3v) is 3.87. The number of amides is 1. The highest BCUT2D eigenvalue weighted by Crippen LogP contribution is 2.62. The number of aliphatic hydroxyl groups excluding tert-OH is 1. The number of aliphatic hydroxyl groups is 1. The molecule has 1 saturated carbocycles. The Morgan fingerprint density at radius 1 is 1.56 bits per heavy atom. The van der Waals surface area contributed by atoms with Gasteiger partial charge in [0.15, 0.2) is 0 Å². The Morgan fingerprint density at radius 3 is 2.56 bits per heavy atom. The van der Waals surface area contributed by atoms with Gasteiger partial charge in [-0.05, 0) is 38.0 Å². The summed E-state index contributed by atoms with van der Waals surface area (Å²) in [5, 5.41) is 9.15. The van der Waals surface area contributed by atoms with Gasteiger partial charge in [0.25, 0.3) is 0 Å². The van der Waals surface area contributed by atoms with Gasteiger partial charge in [0.1, 0.15) is 5.60 Å². The van der Waals surface area contributed by atoms with E-state index in [1.807, 2.05) is 20.8 Å². The van der Waals surface area contributed by atoms with Crippen LogP contribution in [0.15, 0.2) is 0 Å². The highest BCUT2D eigenvalue weighted by atomic mass is 16.6. The molecular weight excluding hydrogens is 206 g/mol. The van der Waals surface area contributed by atoms with Crippen LogP contribution in [0.25, 0.3) is 0 Å². The molecule has 1 aliphatic carbocycles. The van der Waals surface area contributed by atoms with Crippen LogP contribution in [0.1, 0.15) is 27.7 Å². The van der Waals surface area contributed by atoms with Crippen molar-refractivity contribution in [3.8, 4) is 0 Å². The normalized spacial score (nSPS) is 37.2. The zero-order valence-electron chi connectivity index (χ0n) is 10.5. The summed E-state index contributed by atoms with van der Waals surface area (Å²) in [6.07, 6.45) is -0.224. The number of ether oxygens (including phenoxy) is 1. The highest BCUT2D eigenvalue weighted by molar-refractivity contribution is 5.69. The molecule has 0 aromatic rings. The first-order valence-corrected chi connectivity index (χ1v) is 5.87. The van der Waals surface area contributed by atoms with E-state index >= 15 is 0 Å². The van der Waals surface area contributed by atoms with Gasteiger partial charge >= 0.3 is 6.09 Å². The van der Waals surface area contributed by atoms with Crippen LogP contribution in [0.4, 0.5) is 4.79 Å². The van der Waals surface area contributed by atoms with E-state index in [0.717, 1.165) is 13.1 Å². The fourth-order valence-corrected chi connectivity index (χ4v) is 2.85. The molecule has 1 N–H and O–H groups in total. The lowest BCUT2D eigenvalue weighted by atomic mass is 10.1. The van der Waals surface area contributed by atoms with Gasteiger partial charge in [0.2, 0.25) is 0 Å². The molecule has 16 heavy (non-hydrogen) atoms. The third kappa shape index (κ3) is 1.79. The molecule has 0 bridgehead atoms. The third-order valence-electron chi connectivity index (χ3n) is 3.87. The molecule has 3 atom stereocenters. The lowest BCUT2D eigenvalue weighted by molar-refractivity contribution is 0.0244. The number of nitrogens with zero attached hydrogens (tertiary/aromatic N) is 1. The molecule has 2 fully saturated rings. The molecule has 1 aliphatic heterocycles. The van der Waals surface area contributed by atoms with Crippen molar-refractivity contribution in [3.63, 3.8) is 0 Å². The smallest absolute Gasteiger partial charge is 0.410 e. The quantitative estimate of drug-likeness (QED) is 0.738. The van der Waals surface area contributed by atoms with Gasteiger partial charge in [-0.25, -0.2) is 4.79 Å². The Bertz CT molecular complexity index is 310. The second-order valence-electron chi connectivity index (χ2n) is 6.26. The Balaban J connectivity index is 1.90. The van der Waals surface area contributed by atoms with Crippen LogP contribution in [0.2, 0.25) is 0 Å². The first kappa shape index (κ1) is 11.7. The summed E-state index contributed by atoms with van der Waals surface area (Å²) in [7, 11) is 0. The van der Waals surface area contributed by atoms with Gasteiger partial charge < -0.3 is 14.7 Å². The zero-order chi connectivity index (χ0) is 12.1. The molecule has 92 valence electrons. The lowest BCUT2D eigenvalue weighted by Gasteiger charge is -2.26. The van der Waals surface area contributed by atoms with E-state index in [2.05, 4.69) is 6.92 Å². The van der Waals surface area contributed by atoms with Gasteiger partial charge in [0, 0.05) is 19.7 Å². The first-order valence-electron chi connectivity index (χ1n) is 5.87. The van der Waals surface area contributed by atoms with E-state index in [1.54, 1.807) is 4.90 Å². The van der Waals surface area contributed by atoms with Crippen LogP contribution >= 0.6 is 0 Å².